The van der Waals surface area contributed by atoms with Crippen molar-refractivity contribution in [3.8, 4) is 0 Å². The number of furan rings is 1. The lowest BCUT2D eigenvalue weighted by atomic mass is 10.0. The molecule has 0 radical (unpaired) electrons. The van der Waals surface area contributed by atoms with Crippen LogP contribution in [0.2, 0.25) is 0 Å². The summed E-state index contributed by atoms with van der Waals surface area (Å²) in [6.45, 7) is 3.27. The number of benzene rings is 1. The lowest BCUT2D eigenvalue weighted by Gasteiger charge is -2.11. The molecule has 0 saturated carbocycles. The van der Waals surface area contributed by atoms with Crippen molar-refractivity contribution in [3.05, 3.63) is 58.3 Å². The molecule has 1 aromatic heterocycles. The van der Waals surface area contributed by atoms with Crippen molar-refractivity contribution >= 4 is 0 Å². The zero-order valence-electron chi connectivity index (χ0n) is 9.80. The van der Waals surface area contributed by atoms with Gasteiger partial charge in [-0.2, -0.15) is 0 Å². The van der Waals surface area contributed by atoms with Gasteiger partial charge in [-0.1, -0.05) is 0 Å². The SMILES string of the molecule is Cc1cc(C(O)c2cc(F)c(F)cc2F)c(C)o1. The van der Waals surface area contributed by atoms with Crippen LogP contribution >= 0.6 is 0 Å². The zero-order valence-corrected chi connectivity index (χ0v) is 9.80. The third-order valence-corrected chi connectivity index (χ3v) is 2.71. The summed E-state index contributed by atoms with van der Waals surface area (Å²) in [4.78, 5) is 0. The van der Waals surface area contributed by atoms with Crippen LogP contribution in [0.15, 0.2) is 22.6 Å². The molecule has 1 N–H and O–H groups in total. The highest BCUT2D eigenvalue weighted by Crippen LogP contribution is 2.29. The van der Waals surface area contributed by atoms with Crippen LogP contribution in [0.5, 0.6) is 0 Å². The van der Waals surface area contributed by atoms with Gasteiger partial charge in [0, 0.05) is 17.2 Å². The second-order valence-electron chi connectivity index (χ2n) is 4.06. The van der Waals surface area contributed by atoms with E-state index in [9.17, 15) is 18.3 Å². The highest BCUT2D eigenvalue weighted by Gasteiger charge is 2.21. The normalized spacial score (nSPS) is 12.8. The van der Waals surface area contributed by atoms with Crippen LogP contribution in [-0.2, 0) is 0 Å². The van der Waals surface area contributed by atoms with Gasteiger partial charge in [0.15, 0.2) is 11.6 Å². The van der Waals surface area contributed by atoms with E-state index in [2.05, 4.69) is 0 Å². The monoisotopic (exact) mass is 256 g/mol. The van der Waals surface area contributed by atoms with Gasteiger partial charge in [0.2, 0.25) is 0 Å². The van der Waals surface area contributed by atoms with Crippen molar-refractivity contribution in [2.24, 2.45) is 0 Å². The number of aliphatic hydroxyl groups is 1. The standard InChI is InChI=1S/C13H11F3O2/c1-6-3-8(7(2)18-6)13(17)9-4-11(15)12(16)5-10(9)14/h3-5,13,17H,1-2H3. The Bertz CT molecular complexity index is 590. The number of hydrogen-bond donors (Lipinski definition) is 1. The molecular formula is C13H11F3O2. The van der Waals surface area contributed by atoms with Crippen molar-refractivity contribution in [2.75, 3.05) is 0 Å². The van der Waals surface area contributed by atoms with Gasteiger partial charge in [-0.05, 0) is 26.0 Å². The molecule has 0 spiro atoms. The van der Waals surface area contributed by atoms with E-state index in [1.54, 1.807) is 13.8 Å². The molecule has 96 valence electrons. The fraction of sp³-hybridized carbons (Fsp3) is 0.231. The van der Waals surface area contributed by atoms with Crippen molar-refractivity contribution in [3.63, 3.8) is 0 Å². The second-order valence-corrected chi connectivity index (χ2v) is 4.06. The number of aryl methyl sites for hydroxylation is 2. The number of hydrogen-bond acceptors (Lipinski definition) is 2. The summed E-state index contributed by atoms with van der Waals surface area (Å²) in [5.74, 6) is -2.54. The van der Waals surface area contributed by atoms with Crippen LogP contribution in [0.1, 0.15) is 28.8 Å². The summed E-state index contributed by atoms with van der Waals surface area (Å²) >= 11 is 0. The fourth-order valence-corrected chi connectivity index (χ4v) is 1.84. The largest absolute Gasteiger partial charge is 0.466 e. The first-order valence-electron chi connectivity index (χ1n) is 5.29. The summed E-state index contributed by atoms with van der Waals surface area (Å²) in [7, 11) is 0. The Balaban J connectivity index is 2.49. The van der Waals surface area contributed by atoms with E-state index in [0.717, 1.165) is 0 Å². The molecule has 2 rings (SSSR count). The van der Waals surface area contributed by atoms with Crippen LogP contribution in [0.25, 0.3) is 0 Å². The summed E-state index contributed by atoms with van der Waals surface area (Å²) in [6, 6.07) is 2.59. The average molecular weight is 256 g/mol. The first kappa shape index (κ1) is 12.7. The summed E-state index contributed by atoms with van der Waals surface area (Å²) < 4.78 is 44.6. The molecule has 0 bridgehead atoms. The Morgan fingerprint density at radius 3 is 2.11 bits per heavy atom. The molecule has 5 heteroatoms. The van der Waals surface area contributed by atoms with Crippen LogP contribution in [0.3, 0.4) is 0 Å². The van der Waals surface area contributed by atoms with E-state index in [1.165, 1.54) is 6.07 Å². The smallest absolute Gasteiger partial charge is 0.161 e. The molecule has 1 aromatic carbocycles. The highest BCUT2D eigenvalue weighted by atomic mass is 19.2. The predicted octanol–water partition coefficient (Wildman–Crippen LogP) is 3.40. The van der Waals surface area contributed by atoms with Crippen molar-refractivity contribution < 1.29 is 22.7 Å². The van der Waals surface area contributed by atoms with Crippen molar-refractivity contribution in [2.45, 2.75) is 20.0 Å². The van der Waals surface area contributed by atoms with Crippen LogP contribution in [0, 0.1) is 31.3 Å². The van der Waals surface area contributed by atoms with E-state index in [0.29, 0.717) is 29.2 Å². The molecule has 0 amide bonds. The van der Waals surface area contributed by atoms with E-state index in [-0.39, 0.29) is 5.56 Å². The molecule has 0 aliphatic heterocycles. The van der Waals surface area contributed by atoms with Gasteiger partial charge < -0.3 is 9.52 Å². The summed E-state index contributed by atoms with van der Waals surface area (Å²) in [5.41, 5.74) is 0.00945. The second kappa shape index (κ2) is 4.49. The third-order valence-electron chi connectivity index (χ3n) is 2.71. The van der Waals surface area contributed by atoms with E-state index in [1.807, 2.05) is 0 Å². The van der Waals surface area contributed by atoms with Gasteiger partial charge in [-0.3, -0.25) is 0 Å². The van der Waals surface area contributed by atoms with Gasteiger partial charge >= 0.3 is 0 Å². The zero-order chi connectivity index (χ0) is 13.4. The topological polar surface area (TPSA) is 33.4 Å². The fourth-order valence-electron chi connectivity index (χ4n) is 1.84. The molecule has 1 atom stereocenters. The third kappa shape index (κ3) is 2.13. The Kier molecular flexibility index (Phi) is 3.17. The number of rotatable bonds is 2. The first-order chi connectivity index (χ1) is 8.40. The van der Waals surface area contributed by atoms with Crippen molar-refractivity contribution in [1.82, 2.24) is 0 Å². The molecule has 1 heterocycles. The van der Waals surface area contributed by atoms with Gasteiger partial charge in [0.1, 0.15) is 23.4 Å². The first-order valence-corrected chi connectivity index (χ1v) is 5.29. The highest BCUT2D eigenvalue weighted by molar-refractivity contribution is 5.34. The van der Waals surface area contributed by atoms with E-state index >= 15 is 0 Å². The van der Waals surface area contributed by atoms with Crippen molar-refractivity contribution in [1.29, 1.82) is 0 Å². The van der Waals surface area contributed by atoms with Gasteiger partial charge in [0.25, 0.3) is 0 Å². The number of halogens is 3. The Morgan fingerprint density at radius 2 is 1.56 bits per heavy atom. The molecule has 0 aliphatic carbocycles. The molecule has 0 fully saturated rings. The Morgan fingerprint density at radius 1 is 0.944 bits per heavy atom. The van der Waals surface area contributed by atoms with Gasteiger partial charge in [0.05, 0.1) is 0 Å². The lowest BCUT2D eigenvalue weighted by Crippen LogP contribution is -2.05. The number of aliphatic hydroxyl groups excluding tert-OH is 1. The molecule has 18 heavy (non-hydrogen) atoms. The van der Waals surface area contributed by atoms with E-state index in [4.69, 9.17) is 4.42 Å². The maximum absolute atomic E-state index is 13.5. The molecule has 0 saturated heterocycles. The minimum absolute atomic E-state index is 0.321. The van der Waals surface area contributed by atoms with Gasteiger partial charge in [-0.15, -0.1) is 0 Å². The van der Waals surface area contributed by atoms with Crippen LogP contribution in [0.4, 0.5) is 13.2 Å². The predicted molar refractivity (Wildman–Crippen MR) is 58.6 cm³/mol. The molecule has 2 nitrogen and oxygen atoms in total. The quantitative estimate of drug-likeness (QED) is 0.835. The molecule has 2 aromatic rings. The Labute approximate surface area is 102 Å². The van der Waals surface area contributed by atoms with Crippen LogP contribution < -0.4 is 0 Å². The Hall–Kier alpha value is -1.75. The molecule has 1 unspecified atom stereocenters. The minimum Gasteiger partial charge on any atom is -0.466 e. The summed E-state index contributed by atoms with van der Waals surface area (Å²) in [6.07, 6.45) is -1.39. The average Bonchev–Trinajstić information content (AvgIpc) is 2.62. The summed E-state index contributed by atoms with van der Waals surface area (Å²) in [5, 5.41) is 9.99. The molecule has 0 aliphatic rings. The van der Waals surface area contributed by atoms with Crippen LogP contribution in [-0.4, -0.2) is 5.11 Å². The van der Waals surface area contributed by atoms with Gasteiger partial charge in [-0.25, -0.2) is 13.2 Å². The molecular weight excluding hydrogens is 245 g/mol. The minimum atomic E-state index is -1.39. The lowest BCUT2D eigenvalue weighted by molar-refractivity contribution is 0.211. The van der Waals surface area contributed by atoms with E-state index < -0.39 is 23.6 Å². The maximum Gasteiger partial charge on any atom is 0.161 e. The maximum atomic E-state index is 13.5.